The Kier molecular flexibility index (Phi) is 5.39. The Morgan fingerprint density at radius 1 is 1.19 bits per heavy atom. The van der Waals surface area contributed by atoms with Gasteiger partial charge in [0.15, 0.2) is 0 Å². The second-order valence-electron chi connectivity index (χ2n) is 5.05. The van der Waals surface area contributed by atoms with Gasteiger partial charge in [0.1, 0.15) is 5.75 Å². The predicted octanol–water partition coefficient (Wildman–Crippen LogP) is 3.54. The van der Waals surface area contributed by atoms with Gasteiger partial charge in [-0.3, -0.25) is 0 Å². The lowest BCUT2D eigenvalue weighted by atomic mass is 9.88. The molecule has 3 N–H and O–H groups in total. The Hall–Kier alpha value is -1.36. The van der Waals surface area contributed by atoms with Crippen molar-refractivity contribution >= 4 is 15.9 Å². The molecular weight excluding hydrogens is 330 g/mol. The van der Waals surface area contributed by atoms with E-state index in [4.69, 9.17) is 10.5 Å². The predicted molar refractivity (Wildman–Crippen MR) is 88.6 cm³/mol. The van der Waals surface area contributed by atoms with Crippen molar-refractivity contribution in [1.82, 2.24) is 0 Å². The number of halogens is 1. The van der Waals surface area contributed by atoms with Crippen molar-refractivity contribution in [3.63, 3.8) is 0 Å². The molecule has 112 valence electrons. The lowest BCUT2D eigenvalue weighted by Crippen LogP contribution is -2.21. The summed E-state index contributed by atoms with van der Waals surface area (Å²) in [4.78, 5) is 0. The van der Waals surface area contributed by atoms with Gasteiger partial charge in [-0.1, -0.05) is 51.8 Å². The zero-order chi connectivity index (χ0) is 15.4. The molecule has 0 aliphatic rings. The number of benzene rings is 2. The minimum atomic E-state index is -0.694. The lowest BCUT2D eigenvalue weighted by Gasteiger charge is -2.25. The number of aliphatic hydroxyl groups excluding tert-OH is 1. The van der Waals surface area contributed by atoms with E-state index in [1.807, 2.05) is 49.4 Å². The molecule has 2 rings (SSSR count). The van der Waals surface area contributed by atoms with Gasteiger partial charge >= 0.3 is 0 Å². The zero-order valence-corrected chi connectivity index (χ0v) is 13.8. The van der Waals surface area contributed by atoms with Gasteiger partial charge in [0.05, 0.1) is 13.2 Å². The smallest absolute Gasteiger partial charge is 0.122 e. The van der Waals surface area contributed by atoms with Crippen molar-refractivity contribution in [3.8, 4) is 5.75 Å². The summed E-state index contributed by atoms with van der Waals surface area (Å²) >= 11 is 3.50. The molecule has 0 radical (unpaired) electrons. The molecule has 4 heteroatoms. The molecule has 2 aromatic rings. The van der Waals surface area contributed by atoms with Gasteiger partial charge in [-0.25, -0.2) is 0 Å². The number of nitrogens with two attached hydrogens (primary N) is 1. The first kappa shape index (κ1) is 16.0. The number of hydrogen-bond donors (Lipinski definition) is 2. The highest BCUT2D eigenvalue weighted by molar-refractivity contribution is 9.10. The first-order valence-corrected chi connectivity index (χ1v) is 7.65. The second kappa shape index (κ2) is 7.07. The number of hydrogen-bond acceptors (Lipinski definition) is 3. The van der Waals surface area contributed by atoms with Crippen LogP contribution in [-0.4, -0.2) is 18.8 Å². The molecule has 2 unspecified atom stereocenters. The zero-order valence-electron chi connectivity index (χ0n) is 12.2. The van der Waals surface area contributed by atoms with Crippen LogP contribution in [-0.2, 0) is 0 Å². The van der Waals surface area contributed by atoms with Crippen LogP contribution in [0.2, 0.25) is 0 Å². The van der Waals surface area contributed by atoms with Crippen molar-refractivity contribution < 1.29 is 9.84 Å². The molecule has 3 nitrogen and oxygen atoms in total. The third-order valence-corrected chi connectivity index (χ3v) is 4.37. The molecule has 0 aliphatic heterocycles. The highest BCUT2D eigenvalue weighted by Crippen LogP contribution is 2.38. The molecular formula is C17H20BrNO2. The molecule has 21 heavy (non-hydrogen) atoms. The fraction of sp³-hybridized carbons (Fsp3) is 0.294. The van der Waals surface area contributed by atoms with Crippen LogP contribution in [0.1, 0.15) is 28.7 Å². The Morgan fingerprint density at radius 2 is 1.90 bits per heavy atom. The van der Waals surface area contributed by atoms with Crippen LogP contribution in [0.15, 0.2) is 46.9 Å². The van der Waals surface area contributed by atoms with Crippen molar-refractivity contribution in [3.05, 3.63) is 63.6 Å². The summed E-state index contributed by atoms with van der Waals surface area (Å²) in [5.74, 6) is 0.523. The fourth-order valence-electron chi connectivity index (χ4n) is 2.51. The van der Waals surface area contributed by atoms with E-state index in [1.54, 1.807) is 7.11 Å². The molecule has 0 aliphatic carbocycles. The molecule has 0 heterocycles. The number of rotatable bonds is 5. The molecule has 0 fully saturated rings. The summed E-state index contributed by atoms with van der Waals surface area (Å²) in [5, 5.41) is 10.8. The normalized spacial score (nSPS) is 13.8. The van der Waals surface area contributed by atoms with E-state index < -0.39 is 6.10 Å². The Morgan fingerprint density at radius 3 is 2.57 bits per heavy atom. The van der Waals surface area contributed by atoms with Crippen LogP contribution in [0.4, 0.5) is 0 Å². The van der Waals surface area contributed by atoms with Gasteiger partial charge in [0.25, 0.3) is 0 Å². The molecule has 2 aromatic carbocycles. The minimum absolute atomic E-state index is 0.223. The number of aliphatic hydroxyl groups is 1. The van der Waals surface area contributed by atoms with E-state index in [2.05, 4.69) is 15.9 Å². The SMILES string of the molecule is COc1ccccc1C(CN)C(O)c1cc(C)ccc1Br. The van der Waals surface area contributed by atoms with E-state index in [9.17, 15) is 5.11 Å². The van der Waals surface area contributed by atoms with Crippen LogP contribution < -0.4 is 10.5 Å². The van der Waals surface area contributed by atoms with E-state index in [-0.39, 0.29) is 5.92 Å². The molecule has 0 amide bonds. The standard InChI is InChI=1S/C17H20BrNO2/c1-11-7-8-15(18)13(9-11)17(20)14(10-19)12-5-3-4-6-16(12)21-2/h3-9,14,17,20H,10,19H2,1-2H3. The summed E-state index contributed by atoms with van der Waals surface area (Å²) < 4.78 is 6.27. The lowest BCUT2D eigenvalue weighted by molar-refractivity contribution is 0.145. The van der Waals surface area contributed by atoms with Crippen LogP contribution in [0.5, 0.6) is 5.75 Å². The van der Waals surface area contributed by atoms with Crippen molar-refractivity contribution in [2.45, 2.75) is 18.9 Å². The average molecular weight is 350 g/mol. The van der Waals surface area contributed by atoms with Crippen molar-refractivity contribution in [1.29, 1.82) is 0 Å². The highest BCUT2D eigenvalue weighted by Gasteiger charge is 2.25. The van der Waals surface area contributed by atoms with Gasteiger partial charge in [-0.15, -0.1) is 0 Å². The summed E-state index contributed by atoms with van der Waals surface area (Å²) in [6.45, 7) is 2.34. The first-order chi connectivity index (χ1) is 10.1. The summed E-state index contributed by atoms with van der Waals surface area (Å²) in [5.41, 5.74) is 8.79. The van der Waals surface area contributed by atoms with Gasteiger partial charge in [0, 0.05) is 22.5 Å². The van der Waals surface area contributed by atoms with E-state index in [0.29, 0.717) is 6.54 Å². The summed E-state index contributed by atoms with van der Waals surface area (Å²) in [6, 6.07) is 13.6. The van der Waals surface area contributed by atoms with Gasteiger partial charge in [-0.05, 0) is 24.6 Å². The second-order valence-corrected chi connectivity index (χ2v) is 5.91. The Bertz CT molecular complexity index is 615. The van der Waals surface area contributed by atoms with Crippen LogP contribution in [0.3, 0.4) is 0 Å². The number of methoxy groups -OCH3 is 1. The molecule has 0 saturated heterocycles. The van der Waals surface area contributed by atoms with Crippen molar-refractivity contribution in [2.75, 3.05) is 13.7 Å². The topological polar surface area (TPSA) is 55.5 Å². The van der Waals surface area contributed by atoms with Crippen molar-refractivity contribution in [2.24, 2.45) is 5.73 Å². The molecule has 0 saturated carbocycles. The van der Waals surface area contributed by atoms with Gasteiger partial charge in [0.2, 0.25) is 0 Å². The number of para-hydroxylation sites is 1. The Labute approximate surface area is 133 Å². The fourth-order valence-corrected chi connectivity index (χ4v) is 2.99. The summed E-state index contributed by atoms with van der Waals surface area (Å²) in [7, 11) is 1.63. The molecule has 0 aromatic heterocycles. The monoisotopic (exact) mass is 349 g/mol. The molecule has 2 atom stereocenters. The summed E-state index contributed by atoms with van der Waals surface area (Å²) in [6.07, 6.45) is -0.694. The first-order valence-electron chi connectivity index (χ1n) is 6.85. The van der Waals surface area contributed by atoms with E-state index >= 15 is 0 Å². The molecule has 0 bridgehead atoms. The molecule has 0 spiro atoms. The maximum Gasteiger partial charge on any atom is 0.122 e. The van der Waals surface area contributed by atoms with Crippen LogP contribution in [0.25, 0.3) is 0 Å². The third-order valence-electron chi connectivity index (χ3n) is 3.64. The maximum atomic E-state index is 10.8. The van der Waals surface area contributed by atoms with Crippen LogP contribution in [0, 0.1) is 6.92 Å². The van der Waals surface area contributed by atoms with E-state index in [1.165, 1.54) is 0 Å². The van der Waals surface area contributed by atoms with Gasteiger partial charge in [-0.2, -0.15) is 0 Å². The highest BCUT2D eigenvalue weighted by atomic mass is 79.9. The number of aryl methyl sites for hydroxylation is 1. The largest absolute Gasteiger partial charge is 0.496 e. The van der Waals surface area contributed by atoms with E-state index in [0.717, 1.165) is 26.9 Å². The van der Waals surface area contributed by atoms with Crippen LogP contribution >= 0.6 is 15.9 Å². The Balaban J connectivity index is 2.43. The average Bonchev–Trinajstić information content (AvgIpc) is 2.50. The van der Waals surface area contributed by atoms with Gasteiger partial charge < -0.3 is 15.6 Å². The third kappa shape index (κ3) is 3.46. The number of ether oxygens (including phenoxy) is 1. The quantitative estimate of drug-likeness (QED) is 0.867. The minimum Gasteiger partial charge on any atom is -0.496 e. The maximum absolute atomic E-state index is 10.8.